The first kappa shape index (κ1) is 10.4. The maximum atomic E-state index is 10.7. The molecule has 0 bridgehead atoms. The minimum Gasteiger partial charge on any atom is -0.445 e. The van der Waals surface area contributed by atoms with Crippen LogP contribution in [-0.4, -0.2) is 31.3 Å². The molecular weight excluding hydrogens is 162 g/mol. The Morgan fingerprint density at radius 2 is 2.55 bits per heavy atom. The predicted octanol–water partition coefficient (Wildman–Crippen LogP) is 1.26. The highest BCUT2D eigenvalue weighted by Crippen LogP contribution is 1.87. The molecule has 64 valence electrons. The number of hydrogen-bond acceptors (Lipinski definition) is 3. The zero-order chi connectivity index (χ0) is 8.53. The summed E-state index contributed by atoms with van der Waals surface area (Å²) in [6.45, 7) is 4.34. The van der Waals surface area contributed by atoms with Crippen molar-refractivity contribution in [2.75, 3.05) is 25.2 Å². The molecule has 0 fully saturated rings. The monoisotopic (exact) mass is 175 g/mol. The molecule has 0 spiro atoms. The van der Waals surface area contributed by atoms with Crippen LogP contribution in [0.15, 0.2) is 12.7 Å². The van der Waals surface area contributed by atoms with Crippen molar-refractivity contribution in [2.24, 2.45) is 0 Å². The van der Waals surface area contributed by atoms with Crippen LogP contribution in [0.3, 0.4) is 0 Å². The molecule has 0 atom stereocenters. The lowest BCUT2D eigenvalue weighted by Crippen LogP contribution is -2.26. The maximum absolute atomic E-state index is 10.7. The molecule has 0 aromatic rings. The quantitative estimate of drug-likeness (QED) is 0.505. The van der Waals surface area contributed by atoms with E-state index in [4.69, 9.17) is 0 Å². The summed E-state index contributed by atoms with van der Waals surface area (Å²) in [6.07, 6.45) is 3.14. The third-order valence-corrected chi connectivity index (χ3v) is 1.52. The average Bonchev–Trinajstić information content (AvgIpc) is 2.01. The summed E-state index contributed by atoms with van der Waals surface area (Å²) in [6, 6.07) is 0. The Bertz CT molecular complexity index is 128. The Hall–Kier alpha value is -0.640. The fourth-order valence-electron chi connectivity index (χ4n) is 0.441. The summed E-state index contributed by atoms with van der Waals surface area (Å²) in [5, 5.41) is 2.59. The number of ether oxygens (including phenoxy) is 1. The van der Waals surface area contributed by atoms with Gasteiger partial charge in [0, 0.05) is 12.3 Å². The van der Waals surface area contributed by atoms with E-state index in [-0.39, 0.29) is 12.7 Å². The third kappa shape index (κ3) is 7.25. The standard InChI is InChI=1S/C7H13NO2S/c1-3-5-10-7(9)8-4-6-11-2/h3H,1,4-6H2,2H3,(H,8,9). The van der Waals surface area contributed by atoms with Crippen molar-refractivity contribution in [1.82, 2.24) is 5.32 Å². The first-order valence-electron chi connectivity index (χ1n) is 3.31. The minimum absolute atomic E-state index is 0.269. The molecule has 11 heavy (non-hydrogen) atoms. The van der Waals surface area contributed by atoms with E-state index in [0.717, 1.165) is 5.75 Å². The molecular formula is C7H13NO2S. The molecule has 3 nitrogen and oxygen atoms in total. The van der Waals surface area contributed by atoms with Gasteiger partial charge < -0.3 is 10.1 Å². The second kappa shape index (κ2) is 7.47. The number of carbonyl (C=O) groups is 1. The number of carbonyl (C=O) groups excluding carboxylic acids is 1. The first-order valence-corrected chi connectivity index (χ1v) is 4.71. The fraction of sp³-hybridized carbons (Fsp3) is 0.571. The molecule has 0 aliphatic heterocycles. The van der Waals surface area contributed by atoms with Gasteiger partial charge in [0.25, 0.3) is 0 Å². The molecule has 0 aromatic carbocycles. The van der Waals surface area contributed by atoms with Crippen LogP contribution in [0.5, 0.6) is 0 Å². The second-order valence-corrected chi connectivity index (χ2v) is 2.79. The molecule has 0 saturated heterocycles. The molecule has 0 aliphatic rings. The molecule has 0 radical (unpaired) electrons. The maximum Gasteiger partial charge on any atom is 0.407 e. The van der Waals surface area contributed by atoms with Crippen LogP contribution in [-0.2, 0) is 4.74 Å². The van der Waals surface area contributed by atoms with Crippen LogP contribution in [0.2, 0.25) is 0 Å². The van der Waals surface area contributed by atoms with Gasteiger partial charge in [-0.1, -0.05) is 12.7 Å². The SMILES string of the molecule is C=CCOC(=O)NCCSC. The van der Waals surface area contributed by atoms with Gasteiger partial charge in [-0.3, -0.25) is 0 Å². The van der Waals surface area contributed by atoms with Crippen molar-refractivity contribution in [3.63, 3.8) is 0 Å². The van der Waals surface area contributed by atoms with E-state index in [0.29, 0.717) is 6.54 Å². The van der Waals surface area contributed by atoms with Gasteiger partial charge in [-0.15, -0.1) is 0 Å². The van der Waals surface area contributed by atoms with Gasteiger partial charge in [0.1, 0.15) is 6.61 Å². The summed E-state index contributed by atoms with van der Waals surface area (Å²) < 4.78 is 4.66. The number of alkyl carbamates (subject to hydrolysis) is 1. The smallest absolute Gasteiger partial charge is 0.407 e. The zero-order valence-corrected chi connectivity index (χ0v) is 7.45. The van der Waals surface area contributed by atoms with Crippen molar-refractivity contribution in [1.29, 1.82) is 0 Å². The summed E-state index contributed by atoms with van der Waals surface area (Å²) in [7, 11) is 0. The topological polar surface area (TPSA) is 38.3 Å². The molecule has 0 aliphatic carbocycles. The lowest BCUT2D eigenvalue weighted by Gasteiger charge is -2.02. The second-order valence-electron chi connectivity index (χ2n) is 1.81. The molecule has 4 heteroatoms. The highest BCUT2D eigenvalue weighted by Gasteiger charge is 1.96. The Labute approximate surface area is 71.2 Å². The summed E-state index contributed by atoms with van der Waals surface area (Å²) in [5.74, 6) is 0.906. The van der Waals surface area contributed by atoms with Crippen LogP contribution in [0.1, 0.15) is 0 Å². The zero-order valence-electron chi connectivity index (χ0n) is 6.63. The summed E-state index contributed by atoms with van der Waals surface area (Å²) in [4.78, 5) is 10.7. The minimum atomic E-state index is -0.376. The number of amides is 1. The van der Waals surface area contributed by atoms with E-state index >= 15 is 0 Å². The van der Waals surface area contributed by atoms with E-state index in [9.17, 15) is 4.79 Å². The Morgan fingerprint density at radius 1 is 1.82 bits per heavy atom. The van der Waals surface area contributed by atoms with E-state index in [1.807, 2.05) is 6.26 Å². The molecule has 0 heterocycles. The number of rotatable bonds is 5. The van der Waals surface area contributed by atoms with Gasteiger partial charge in [-0.25, -0.2) is 4.79 Å². The largest absolute Gasteiger partial charge is 0.445 e. The van der Waals surface area contributed by atoms with Crippen molar-refractivity contribution >= 4 is 17.9 Å². The Morgan fingerprint density at radius 3 is 3.09 bits per heavy atom. The van der Waals surface area contributed by atoms with E-state index in [2.05, 4.69) is 16.6 Å². The molecule has 0 rings (SSSR count). The molecule has 1 N–H and O–H groups in total. The van der Waals surface area contributed by atoms with E-state index in [1.165, 1.54) is 6.08 Å². The molecule has 1 amide bonds. The Kier molecular flexibility index (Phi) is 7.03. The van der Waals surface area contributed by atoms with Crippen LogP contribution < -0.4 is 5.32 Å². The number of thioether (sulfide) groups is 1. The molecule has 0 aromatic heterocycles. The van der Waals surface area contributed by atoms with Crippen LogP contribution in [0, 0.1) is 0 Å². The van der Waals surface area contributed by atoms with Crippen molar-refractivity contribution in [3.8, 4) is 0 Å². The van der Waals surface area contributed by atoms with Gasteiger partial charge in [-0.2, -0.15) is 11.8 Å². The van der Waals surface area contributed by atoms with Crippen molar-refractivity contribution < 1.29 is 9.53 Å². The van der Waals surface area contributed by atoms with Gasteiger partial charge in [0.15, 0.2) is 0 Å². The lowest BCUT2D eigenvalue weighted by molar-refractivity contribution is 0.159. The number of nitrogens with one attached hydrogen (secondary N) is 1. The van der Waals surface area contributed by atoms with Gasteiger partial charge in [-0.05, 0) is 6.26 Å². The van der Waals surface area contributed by atoms with Gasteiger partial charge in [0.2, 0.25) is 0 Å². The van der Waals surface area contributed by atoms with Gasteiger partial charge in [0.05, 0.1) is 0 Å². The normalized spacial score (nSPS) is 8.82. The summed E-state index contributed by atoms with van der Waals surface area (Å²) >= 11 is 1.68. The van der Waals surface area contributed by atoms with Crippen molar-refractivity contribution in [3.05, 3.63) is 12.7 Å². The van der Waals surface area contributed by atoms with Crippen LogP contribution >= 0.6 is 11.8 Å². The van der Waals surface area contributed by atoms with Gasteiger partial charge >= 0.3 is 6.09 Å². The molecule has 0 unspecified atom stereocenters. The average molecular weight is 175 g/mol. The van der Waals surface area contributed by atoms with Crippen LogP contribution in [0.4, 0.5) is 4.79 Å². The Balaban J connectivity index is 3.15. The fourth-order valence-corrected chi connectivity index (χ4v) is 0.747. The number of hydrogen-bond donors (Lipinski definition) is 1. The molecule has 0 saturated carbocycles. The van der Waals surface area contributed by atoms with E-state index in [1.54, 1.807) is 11.8 Å². The van der Waals surface area contributed by atoms with Crippen molar-refractivity contribution in [2.45, 2.75) is 0 Å². The highest BCUT2D eigenvalue weighted by molar-refractivity contribution is 7.98. The lowest BCUT2D eigenvalue weighted by atomic mass is 10.7. The van der Waals surface area contributed by atoms with Crippen LogP contribution in [0.25, 0.3) is 0 Å². The summed E-state index contributed by atoms with van der Waals surface area (Å²) in [5.41, 5.74) is 0. The van der Waals surface area contributed by atoms with E-state index < -0.39 is 0 Å². The first-order chi connectivity index (χ1) is 5.31. The highest BCUT2D eigenvalue weighted by atomic mass is 32.2. The predicted molar refractivity (Wildman–Crippen MR) is 47.9 cm³/mol. The third-order valence-electron chi connectivity index (χ3n) is 0.908.